The zero-order valence-corrected chi connectivity index (χ0v) is 11.3. The van der Waals surface area contributed by atoms with Crippen LogP contribution >= 0.6 is 11.6 Å². The van der Waals surface area contributed by atoms with E-state index in [1.54, 1.807) is 0 Å². The van der Waals surface area contributed by atoms with Crippen molar-refractivity contribution >= 4 is 23.1 Å². The minimum atomic E-state index is 0.740. The van der Waals surface area contributed by atoms with E-state index < -0.39 is 0 Å². The number of benzene rings is 1. The molecule has 0 aliphatic rings. The van der Waals surface area contributed by atoms with Crippen LogP contribution in [0, 0.1) is 0 Å². The summed E-state index contributed by atoms with van der Waals surface area (Å²) in [5.74, 6) is 0.948. The number of halogens is 1. The standard InChI is InChI=1S/C14H16ClN3/c1-18(2)14-7-6-13(10-17-14)16-9-11-4-3-5-12(15)8-11/h3-8,10,16H,9H2,1-2H3. The zero-order valence-electron chi connectivity index (χ0n) is 10.5. The molecule has 0 saturated carbocycles. The summed E-state index contributed by atoms with van der Waals surface area (Å²) in [6.07, 6.45) is 1.83. The molecule has 1 heterocycles. The molecule has 2 rings (SSSR count). The van der Waals surface area contributed by atoms with E-state index in [1.165, 1.54) is 0 Å². The Morgan fingerprint density at radius 3 is 2.67 bits per heavy atom. The van der Waals surface area contributed by atoms with Crippen molar-refractivity contribution in [2.75, 3.05) is 24.3 Å². The van der Waals surface area contributed by atoms with Crippen LogP contribution in [-0.2, 0) is 6.54 Å². The van der Waals surface area contributed by atoms with Gasteiger partial charge in [0.05, 0.1) is 11.9 Å². The molecule has 1 aromatic heterocycles. The zero-order chi connectivity index (χ0) is 13.0. The van der Waals surface area contributed by atoms with Gasteiger partial charge in [-0.15, -0.1) is 0 Å². The lowest BCUT2D eigenvalue weighted by molar-refractivity contribution is 1.06. The Kier molecular flexibility index (Phi) is 4.05. The van der Waals surface area contributed by atoms with Gasteiger partial charge in [0.15, 0.2) is 0 Å². The van der Waals surface area contributed by atoms with Gasteiger partial charge < -0.3 is 10.2 Å². The minimum absolute atomic E-state index is 0.740. The summed E-state index contributed by atoms with van der Waals surface area (Å²) in [4.78, 5) is 6.32. The Balaban J connectivity index is 1.98. The smallest absolute Gasteiger partial charge is 0.128 e. The van der Waals surface area contributed by atoms with Crippen LogP contribution in [0.5, 0.6) is 0 Å². The predicted octanol–water partition coefficient (Wildman–Crippen LogP) is 3.41. The molecule has 0 aliphatic carbocycles. The fraction of sp³-hybridized carbons (Fsp3) is 0.214. The highest BCUT2D eigenvalue weighted by Gasteiger charge is 1.98. The van der Waals surface area contributed by atoms with Gasteiger partial charge in [-0.05, 0) is 29.8 Å². The molecule has 2 aromatic rings. The molecule has 94 valence electrons. The summed E-state index contributed by atoms with van der Waals surface area (Å²) >= 11 is 5.94. The van der Waals surface area contributed by atoms with Gasteiger partial charge in [0.25, 0.3) is 0 Å². The number of anilines is 2. The third-order valence-electron chi connectivity index (χ3n) is 2.59. The van der Waals surface area contributed by atoms with Gasteiger partial charge in [0, 0.05) is 25.7 Å². The topological polar surface area (TPSA) is 28.2 Å². The van der Waals surface area contributed by atoms with Gasteiger partial charge in [0.1, 0.15) is 5.82 Å². The molecule has 4 heteroatoms. The number of nitrogens with one attached hydrogen (secondary N) is 1. The molecule has 0 fully saturated rings. The molecule has 0 amide bonds. The van der Waals surface area contributed by atoms with Gasteiger partial charge in [-0.1, -0.05) is 23.7 Å². The fourth-order valence-electron chi connectivity index (χ4n) is 1.61. The molecular formula is C14H16ClN3. The number of pyridine rings is 1. The molecule has 1 aromatic carbocycles. The summed E-state index contributed by atoms with van der Waals surface area (Å²) in [5, 5.41) is 4.07. The first-order valence-corrected chi connectivity index (χ1v) is 6.14. The number of hydrogen-bond donors (Lipinski definition) is 1. The molecule has 0 radical (unpaired) electrons. The lowest BCUT2D eigenvalue weighted by Crippen LogP contribution is -2.10. The highest BCUT2D eigenvalue weighted by atomic mass is 35.5. The SMILES string of the molecule is CN(C)c1ccc(NCc2cccc(Cl)c2)cn1. The monoisotopic (exact) mass is 261 g/mol. The first-order valence-electron chi connectivity index (χ1n) is 5.77. The molecule has 0 aliphatic heterocycles. The molecule has 18 heavy (non-hydrogen) atoms. The second-order valence-electron chi connectivity index (χ2n) is 4.28. The number of rotatable bonds is 4. The Morgan fingerprint density at radius 1 is 1.22 bits per heavy atom. The molecule has 0 bridgehead atoms. The Morgan fingerprint density at radius 2 is 2.06 bits per heavy atom. The van der Waals surface area contributed by atoms with Gasteiger partial charge in [0.2, 0.25) is 0 Å². The van der Waals surface area contributed by atoms with E-state index in [0.29, 0.717) is 0 Å². The molecule has 0 unspecified atom stereocenters. The number of hydrogen-bond acceptors (Lipinski definition) is 3. The van der Waals surface area contributed by atoms with Crippen LogP contribution in [0.2, 0.25) is 5.02 Å². The highest BCUT2D eigenvalue weighted by Crippen LogP contribution is 2.14. The Labute approximate surface area is 112 Å². The molecule has 0 saturated heterocycles. The quantitative estimate of drug-likeness (QED) is 0.914. The van der Waals surface area contributed by atoms with E-state index in [9.17, 15) is 0 Å². The van der Waals surface area contributed by atoms with E-state index in [4.69, 9.17) is 11.6 Å². The number of nitrogens with zero attached hydrogens (tertiary/aromatic N) is 2. The van der Waals surface area contributed by atoms with Crippen molar-refractivity contribution < 1.29 is 0 Å². The van der Waals surface area contributed by atoms with E-state index in [1.807, 2.05) is 61.6 Å². The number of aromatic nitrogens is 1. The maximum absolute atomic E-state index is 5.94. The molecule has 0 spiro atoms. The summed E-state index contributed by atoms with van der Waals surface area (Å²) < 4.78 is 0. The second-order valence-corrected chi connectivity index (χ2v) is 4.72. The summed E-state index contributed by atoms with van der Waals surface area (Å²) in [5.41, 5.74) is 2.15. The first-order chi connectivity index (χ1) is 8.65. The fourth-order valence-corrected chi connectivity index (χ4v) is 1.82. The molecular weight excluding hydrogens is 246 g/mol. The van der Waals surface area contributed by atoms with Gasteiger partial charge in [-0.3, -0.25) is 0 Å². The van der Waals surface area contributed by atoms with Crippen molar-refractivity contribution in [2.24, 2.45) is 0 Å². The van der Waals surface area contributed by atoms with Gasteiger partial charge in [-0.2, -0.15) is 0 Å². The summed E-state index contributed by atoms with van der Waals surface area (Å²) in [6.45, 7) is 0.740. The van der Waals surface area contributed by atoms with Crippen LogP contribution < -0.4 is 10.2 Å². The summed E-state index contributed by atoms with van der Waals surface area (Å²) in [6, 6.07) is 11.8. The molecule has 0 atom stereocenters. The molecule has 3 nitrogen and oxygen atoms in total. The van der Waals surface area contributed by atoms with Crippen molar-refractivity contribution in [3.05, 3.63) is 53.2 Å². The van der Waals surface area contributed by atoms with Crippen LogP contribution in [0.3, 0.4) is 0 Å². The lowest BCUT2D eigenvalue weighted by atomic mass is 10.2. The van der Waals surface area contributed by atoms with Gasteiger partial charge in [-0.25, -0.2) is 4.98 Å². The van der Waals surface area contributed by atoms with Crippen LogP contribution in [0.15, 0.2) is 42.6 Å². The molecule has 1 N–H and O–H groups in total. The third kappa shape index (κ3) is 3.37. The van der Waals surface area contributed by atoms with Crippen LogP contribution in [-0.4, -0.2) is 19.1 Å². The van der Waals surface area contributed by atoms with Crippen molar-refractivity contribution in [1.29, 1.82) is 0 Å². The van der Waals surface area contributed by atoms with Crippen molar-refractivity contribution in [3.8, 4) is 0 Å². The Bertz CT molecular complexity index is 509. The van der Waals surface area contributed by atoms with Crippen LogP contribution in [0.25, 0.3) is 0 Å². The van der Waals surface area contributed by atoms with Gasteiger partial charge >= 0.3 is 0 Å². The van der Waals surface area contributed by atoms with Crippen molar-refractivity contribution in [1.82, 2.24) is 4.98 Å². The van der Waals surface area contributed by atoms with Crippen LogP contribution in [0.4, 0.5) is 11.5 Å². The normalized spacial score (nSPS) is 10.2. The van der Waals surface area contributed by atoms with E-state index >= 15 is 0 Å². The average molecular weight is 262 g/mol. The Hall–Kier alpha value is -1.74. The van der Waals surface area contributed by atoms with Crippen molar-refractivity contribution in [2.45, 2.75) is 6.54 Å². The largest absolute Gasteiger partial charge is 0.380 e. The van der Waals surface area contributed by atoms with Crippen molar-refractivity contribution in [3.63, 3.8) is 0 Å². The second kappa shape index (κ2) is 5.74. The average Bonchev–Trinajstić information content (AvgIpc) is 2.37. The third-order valence-corrected chi connectivity index (χ3v) is 2.83. The maximum Gasteiger partial charge on any atom is 0.128 e. The van der Waals surface area contributed by atoms with E-state index in [-0.39, 0.29) is 0 Å². The maximum atomic E-state index is 5.94. The summed E-state index contributed by atoms with van der Waals surface area (Å²) in [7, 11) is 3.95. The van der Waals surface area contributed by atoms with E-state index in [0.717, 1.165) is 28.6 Å². The van der Waals surface area contributed by atoms with Crippen LogP contribution in [0.1, 0.15) is 5.56 Å². The highest BCUT2D eigenvalue weighted by molar-refractivity contribution is 6.30. The lowest BCUT2D eigenvalue weighted by Gasteiger charge is -2.12. The predicted molar refractivity (Wildman–Crippen MR) is 77.3 cm³/mol. The van der Waals surface area contributed by atoms with E-state index in [2.05, 4.69) is 10.3 Å². The minimum Gasteiger partial charge on any atom is -0.380 e. The first kappa shape index (κ1) is 12.7.